The standard InChI is InChI=1S/C18H21N5O2/c1-18(2,3)23-15-13(10-20-23)16(24)22-17(21-15)19-9-12-8-11-6-4-5-7-14(11)25-12/h4-7,10,12H,8-9H2,1-3H3,(H2,19,21,22,24)/t12-/m1/s1. The van der Waals surface area contributed by atoms with Crippen molar-refractivity contribution in [1.29, 1.82) is 0 Å². The molecule has 1 aliphatic heterocycles. The maximum Gasteiger partial charge on any atom is 0.263 e. The van der Waals surface area contributed by atoms with Crippen LogP contribution in [-0.2, 0) is 12.0 Å². The predicted molar refractivity (Wildman–Crippen MR) is 96.2 cm³/mol. The van der Waals surface area contributed by atoms with Crippen LogP contribution >= 0.6 is 0 Å². The summed E-state index contributed by atoms with van der Waals surface area (Å²) in [6, 6.07) is 8.03. The molecule has 0 unspecified atom stereocenters. The fraction of sp³-hybridized carbons (Fsp3) is 0.389. The maximum atomic E-state index is 12.3. The minimum atomic E-state index is -0.254. The molecule has 130 valence electrons. The van der Waals surface area contributed by atoms with E-state index < -0.39 is 0 Å². The molecular weight excluding hydrogens is 318 g/mol. The van der Waals surface area contributed by atoms with Crippen LogP contribution in [0.25, 0.3) is 11.0 Å². The highest BCUT2D eigenvalue weighted by atomic mass is 16.5. The number of ether oxygens (including phenoxy) is 1. The van der Waals surface area contributed by atoms with Crippen molar-refractivity contribution in [2.24, 2.45) is 0 Å². The van der Waals surface area contributed by atoms with Crippen molar-refractivity contribution < 1.29 is 4.74 Å². The largest absolute Gasteiger partial charge is 0.488 e. The number of H-pyrrole nitrogens is 1. The normalized spacial score (nSPS) is 16.7. The van der Waals surface area contributed by atoms with Crippen LogP contribution < -0.4 is 15.6 Å². The van der Waals surface area contributed by atoms with Gasteiger partial charge in [0.15, 0.2) is 5.65 Å². The van der Waals surface area contributed by atoms with E-state index in [2.05, 4.69) is 26.4 Å². The fourth-order valence-electron chi connectivity index (χ4n) is 3.07. The van der Waals surface area contributed by atoms with Gasteiger partial charge in [-0.25, -0.2) is 4.68 Å². The van der Waals surface area contributed by atoms with Gasteiger partial charge in [0.2, 0.25) is 5.95 Å². The molecule has 0 amide bonds. The van der Waals surface area contributed by atoms with Gasteiger partial charge in [0.05, 0.1) is 18.3 Å². The Morgan fingerprint density at radius 1 is 1.36 bits per heavy atom. The molecule has 1 atom stereocenters. The van der Waals surface area contributed by atoms with Gasteiger partial charge in [-0.05, 0) is 32.4 Å². The van der Waals surface area contributed by atoms with E-state index in [1.165, 1.54) is 5.56 Å². The molecule has 0 bridgehead atoms. The molecule has 4 rings (SSSR count). The molecule has 1 aromatic carbocycles. The summed E-state index contributed by atoms with van der Waals surface area (Å²) in [5.74, 6) is 1.36. The molecule has 25 heavy (non-hydrogen) atoms. The second-order valence-electron chi connectivity index (χ2n) is 7.31. The van der Waals surface area contributed by atoms with Gasteiger partial charge < -0.3 is 10.1 Å². The third-order valence-corrected chi connectivity index (χ3v) is 4.28. The zero-order chi connectivity index (χ0) is 17.6. The Hall–Kier alpha value is -2.83. The Labute approximate surface area is 145 Å². The van der Waals surface area contributed by atoms with Crippen molar-refractivity contribution in [3.63, 3.8) is 0 Å². The zero-order valence-corrected chi connectivity index (χ0v) is 14.5. The lowest BCUT2D eigenvalue weighted by atomic mass is 10.1. The second kappa shape index (κ2) is 5.61. The molecule has 0 aliphatic carbocycles. The molecule has 0 saturated heterocycles. The zero-order valence-electron chi connectivity index (χ0n) is 14.5. The molecule has 0 saturated carbocycles. The number of anilines is 1. The topological polar surface area (TPSA) is 84.8 Å². The van der Waals surface area contributed by atoms with Crippen molar-refractivity contribution >= 4 is 17.0 Å². The van der Waals surface area contributed by atoms with Crippen molar-refractivity contribution in [2.45, 2.75) is 38.8 Å². The van der Waals surface area contributed by atoms with Crippen LogP contribution in [0.2, 0.25) is 0 Å². The van der Waals surface area contributed by atoms with Gasteiger partial charge in [0.25, 0.3) is 5.56 Å². The van der Waals surface area contributed by atoms with Gasteiger partial charge in [0.1, 0.15) is 17.2 Å². The first-order valence-electron chi connectivity index (χ1n) is 8.39. The third kappa shape index (κ3) is 2.86. The number of hydrogen-bond acceptors (Lipinski definition) is 5. The van der Waals surface area contributed by atoms with E-state index in [4.69, 9.17) is 4.74 Å². The number of para-hydroxylation sites is 1. The van der Waals surface area contributed by atoms with Crippen LogP contribution in [0, 0.1) is 0 Å². The van der Waals surface area contributed by atoms with Gasteiger partial charge in [-0.3, -0.25) is 9.78 Å². The van der Waals surface area contributed by atoms with Crippen LogP contribution in [0.1, 0.15) is 26.3 Å². The lowest BCUT2D eigenvalue weighted by Gasteiger charge is -2.20. The number of aromatic nitrogens is 4. The van der Waals surface area contributed by atoms with Crippen molar-refractivity contribution in [1.82, 2.24) is 19.7 Å². The third-order valence-electron chi connectivity index (χ3n) is 4.28. The molecule has 2 N–H and O–H groups in total. The first-order valence-corrected chi connectivity index (χ1v) is 8.39. The van der Waals surface area contributed by atoms with E-state index in [9.17, 15) is 4.79 Å². The Kier molecular flexibility index (Phi) is 3.52. The smallest absolute Gasteiger partial charge is 0.263 e. The second-order valence-corrected chi connectivity index (χ2v) is 7.31. The lowest BCUT2D eigenvalue weighted by Crippen LogP contribution is -2.27. The van der Waals surface area contributed by atoms with Crippen LogP contribution in [-0.4, -0.2) is 32.4 Å². The summed E-state index contributed by atoms with van der Waals surface area (Å²) in [5, 5.41) is 8.00. The van der Waals surface area contributed by atoms with E-state index in [-0.39, 0.29) is 17.2 Å². The number of fused-ring (bicyclic) bond motifs is 2. The average molecular weight is 339 g/mol. The highest BCUT2D eigenvalue weighted by Crippen LogP contribution is 2.28. The number of nitrogens with one attached hydrogen (secondary N) is 2. The van der Waals surface area contributed by atoms with Crippen LogP contribution in [0.3, 0.4) is 0 Å². The minimum absolute atomic E-state index is 0.0194. The van der Waals surface area contributed by atoms with Crippen molar-refractivity contribution in [3.05, 3.63) is 46.4 Å². The van der Waals surface area contributed by atoms with Gasteiger partial charge in [-0.15, -0.1) is 0 Å². The summed E-state index contributed by atoms with van der Waals surface area (Å²) in [6.07, 6.45) is 2.42. The lowest BCUT2D eigenvalue weighted by molar-refractivity contribution is 0.246. The van der Waals surface area contributed by atoms with Crippen molar-refractivity contribution in [3.8, 4) is 5.75 Å². The summed E-state index contributed by atoms with van der Waals surface area (Å²) in [4.78, 5) is 19.6. The Balaban J connectivity index is 1.55. The van der Waals surface area contributed by atoms with Gasteiger partial charge >= 0.3 is 0 Å². The molecule has 2 aromatic heterocycles. The number of nitrogens with zero attached hydrogens (tertiary/aromatic N) is 3. The fourth-order valence-corrected chi connectivity index (χ4v) is 3.07. The highest BCUT2D eigenvalue weighted by Gasteiger charge is 2.23. The van der Waals surface area contributed by atoms with E-state index in [1.807, 2.05) is 39.0 Å². The summed E-state index contributed by atoms with van der Waals surface area (Å²) in [7, 11) is 0. The highest BCUT2D eigenvalue weighted by molar-refractivity contribution is 5.74. The van der Waals surface area contributed by atoms with Crippen LogP contribution in [0.4, 0.5) is 5.95 Å². The Bertz CT molecular complexity index is 958. The van der Waals surface area contributed by atoms with Crippen LogP contribution in [0.15, 0.2) is 35.3 Å². The van der Waals surface area contributed by atoms with E-state index in [0.29, 0.717) is 23.5 Å². The number of aromatic amines is 1. The number of hydrogen-bond donors (Lipinski definition) is 2. The summed E-state index contributed by atoms with van der Waals surface area (Å²) in [5.41, 5.74) is 1.33. The van der Waals surface area contributed by atoms with E-state index in [0.717, 1.165) is 12.2 Å². The predicted octanol–water partition coefficient (Wildman–Crippen LogP) is 2.29. The van der Waals surface area contributed by atoms with Gasteiger partial charge in [0, 0.05) is 6.42 Å². The molecule has 0 spiro atoms. The molecule has 1 aliphatic rings. The Morgan fingerprint density at radius 3 is 2.92 bits per heavy atom. The summed E-state index contributed by atoms with van der Waals surface area (Å²) in [6.45, 7) is 6.64. The molecule has 3 heterocycles. The summed E-state index contributed by atoms with van der Waals surface area (Å²) >= 11 is 0. The first kappa shape index (κ1) is 15.7. The molecule has 7 heteroatoms. The first-order chi connectivity index (χ1) is 11.9. The monoisotopic (exact) mass is 339 g/mol. The molecule has 3 aromatic rings. The van der Waals surface area contributed by atoms with Crippen molar-refractivity contribution in [2.75, 3.05) is 11.9 Å². The molecule has 0 fully saturated rings. The maximum absolute atomic E-state index is 12.3. The van der Waals surface area contributed by atoms with E-state index >= 15 is 0 Å². The van der Waals surface area contributed by atoms with E-state index in [1.54, 1.807) is 10.9 Å². The number of rotatable bonds is 3. The SMILES string of the molecule is CC(C)(C)n1ncc2c(=O)[nH]c(NC[C@H]3Cc4ccccc4O3)nc21. The number of benzene rings is 1. The molecule has 7 nitrogen and oxygen atoms in total. The molecule has 0 radical (unpaired) electrons. The minimum Gasteiger partial charge on any atom is -0.488 e. The average Bonchev–Trinajstić information content (AvgIpc) is 3.16. The van der Waals surface area contributed by atoms with Gasteiger partial charge in [-0.1, -0.05) is 18.2 Å². The van der Waals surface area contributed by atoms with Gasteiger partial charge in [-0.2, -0.15) is 10.1 Å². The molecular formula is C18H21N5O2. The van der Waals surface area contributed by atoms with Crippen LogP contribution in [0.5, 0.6) is 5.75 Å². The quantitative estimate of drug-likeness (QED) is 0.765. The summed E-state index contributed by atoms with van der Waals surface area (Å²) < 4.78 is 7.68. The Morgan fingerprint density at radius 2 is 2.16 bits per heavy atom.